The summed E-state index contributed by atoms with van der Waals surface area (Å²) >= 11 is 0. The van der Waals surface area contributed by atoms with Crippen LogP contribution in [0.3, 0.4) is 0 Å². The molecule has 0 bridgehead atoms. The topological polar surface area (TPSA) is 63.6 Å². The van der Waals surface area contributed by atoms with Crippen LogP contribution in [0.2, 0.25) is 0 Å². The Labute approximate surface area is 178 Å². The first-order valence-corrected chi connectivity index (χ1v) is 11.9. The van der Waals surface area contributed by atoms with E-state index in [0.29, 0.717) is 23.9 Å². The lowest BCUT2D eigenvalue weighted by Crippen LogP contribution is -2.54. The molecule has 1 unspecified atom stereocenters. The minimum absolute atomic E-state index is 0.0748. The van der Waals surface area contributed by atoms with Crippen LogP contribution < -0.4 is 0 Å². The molecule has 2 aliphatic rings. The van der Waals surface area contributed by atoms with Crippen molar-refractivity contribution < 1.29 is 19.4 Å². The number of carbonyl (C=O) groups excluding carboxylic acids is 1. The molecule has 4 nitrogen and oxygen atoms in total. The number of rotatable bonds is 9. The maximum absolute atomic E-state index is 12.3. The first kappa shape index (κ1) is 24.2. The van der Waals surface area contributed by atoms with Gasteiger partial charge in [-0.05, 0) is 74.5 Å². The van der Waals surface area contributed by atoms with E-state index in [4.69, 9.17) is 4.74 Å². The molecule has 0 spiro atoms. The van der Waals surface area contributed by atoms with Gasteiger partial charge in [0.1, 0.15) is 0 Å². The summed E-state index contributed by atoms with van der Waals surface area (Å²) in [6.07, 6.45) is 11.2. The van der Waals surface area contributed by atoms with Gasteiger partial charge in [-0.1, -0.05) is 53.4 Å². The van der Waals surface area contributed by atoms with E-state index in [1.807, 2.05) is 0 Å². The summed E-state index contributed by atoms with van der Waals surface area (Å²) in [7, 11) is 0. The molecule has 2 saturated carbocycles. The van der Waals surface area contributed by atoms with Gasteiger partial charge < -0.3 is 9.84 Å². The maximum Gasteiger partial charge on any atom is 0.309 e. The molecule has 168 valence electrons. The van der Waals surface area contributed by atoms with Crippen molar-refractivity contribution in [2.24, 2.45) is 34.0 Å². The number of hydrogen-bond donors (Lipinski definition) is 1. The quantitative estimate of drug-likeness (QED) is 0.444. The van der Waals surface area contributed by atoms with E-state index >= 15 is 0 Å². The van der Waals surface area contributed by atoms with E-state index in [-0.39, 0.29) is 17.8 Å². The van der Waals surface area contributed by atoms with E-state index < -0.39 is 11.4 Å². The lowest BCUT2D eigenvalue weighted by atomic mass is 9.43. The van der Waals surface area contributed by atoms with Gasteiger partial charge in [0.05, 0.1) is 18.4 Å². The highest BCUT2D eigenvalue weighted by atomic mass is 16.5. The first-order chi connectivity index (χ1) is 13.5. The van der Waals surface area contributed by atoms with E-state index in [9.17, 15) is 14.7 Å². The summed E-state index contributed by atoms with van der Waals surface area (Å²) in [5.74, 6) is 0.787. The van der Waals surface area contributed by atoms with Crippen LogP contribution in [0.1, 0.15) is 106 Å². The van der Waals surface area contributed by atoms with Crippen LogP contribution in [0, 0.1) is 34.0 Å². The number of hydrogen-bond acceptors (Lipinski definition) is 3. The predicted molar refractivity (Wildman–Crippen MR) is 117 cm³/mol. The highest BCUT2D eigenvalue weighted by Crippen LogP contribution is 2.64. The molecule has 5 atom stereocenters. The normalized spacial score (nSPS) is 33.6. The highest BCUT2D eigenvalue weighted by molar-refractivity contribution is 5.81. The Hall–Kier alpha value is -1.06. The minimum atomic E-state index is -1.08. The average Bonchev–Trinajstić information content (AvgIpc) is 2.62. The lowest BCUT2D eigenvalue weighted by molar-refractivity contribution is -0.161. The maximum atomic E-state index is 12.3. The minimum Gasteiger partial charge on any atom is -0.481 e. The van der Waals surface area contributed by atoms with Gasteiger partial charge in [0.15, 0.2) is 0 Å². The van der Waals surface area contributed by atoms with Gasteiger partial charge in [-0.2, -0.15) is 0 Å². The first-order valence-electron chi connectivity index (χ1n) is 11.9. The fourth-order valence-electron chi connectivity index (χ4n) is 6.65. The van der Waals surface area contributed by atoms with Crippen LogP contribution in [0.4, 0.5) is 0 Å². The summed E-state index contributed by atoms with van der Waals surface area (Å²) in [5.41, 5.74) is -0.610. The molecule has 29 heavy (non-hydrogen) atoms. The summed E-state index contributed by atoms with van der Waals surface area (Å²) in [4.78, 5) is 23.6. The van der Waals surface area contributed by atoms with Gasteiger partial charge >= 0.3 is 11.9 Å². The number of ether oxygens (including phenoxy) is 1. The molecular formula is C25H44O4. The summed E-state index contributed by atoms with van der Waals surface area (Å²) in [5, 5.41) is 9.26. The number of fused-ring (bicyclic) bond motifs is 1. The Morgan fingerprint density at radius 2 is 1.86 bits per heavy atom. The van der Waals surface area contributed by atoms with Crippen LogP contribution >= 0.6 is 0 Å². The third-order valence-electron chi connectivity index (χ3n) is 8.83. The second-order valence-corrected chi connectivity index (χ2v) is 11.1. The SMILES string of the molecule is CCCC(C)[C@H]1CC[C@@H]2CCCC[C@@]2(C)[C@]1(C)CCOC(=O)CC(C)(C)C(=O)O. The number of aliphatic carboxylic acids is 1. The molecule has 2 rings (SSSR count). The zero-order chi connectivity index (χ0) is 21.9. The Kier molecular flexibility index (Phi) is 7.84. The fourth-order valence-corrected chi connectivity index (χ4v) is 6.65. The van der Waals surface area contributed by atoms with Crippen LogP contribution in [-0.2, 0) is 14.3 Å². The van der Waals surface area contributed by atoms with Crippen molar-refractivity contribution in [3.63, 3.8) is 0 Å². The van der Waals surface area contributed by atoms with Crippen molar-refractivity contribution in [1.29, 1.82) is 0 Å². The van der Waals surface area contributed by atoms with Gasteiger partial charge in [0.2, 0.25) is 0 Å². The molecular weight excluding hydrogens is 364 g/mol. The molecule has 0 saturated heterocycles. The number of carboxylic acids is 1. The zero-order valence-electron chi connectivity index (χ0n) is 19.7. The molecule has 1 N–H and O–H groups in total. The van der Waals surface area contributed by atoms with E-state index in [1.165, 1.54) is 51.4 Å². The van der Waals surface area contributed by atoms with Crippen LogP contribution in [0.15, 0.2) is 0 Å². The predicted octanol–water partition coefficient (Wildman–Crippen LogP) is 6.47. The van der Waals surface area contributed by atoms with Crippen molar-refractivity contribution in [3.05, 3.63) is 0 Å². The largest absolute Gasteiger partial charge is 0.481 e. The van der Waals surface area contributed by atoms with E-state index in [1.54, 1.807) is 13.8 Å². The average molecular weight is 409 g/mol. The van der Waals surface area contributed by atoms with Crippen LogP contribution in [0.5, 0.6) is 0 Å². The van der Waals surface area contributed by atoms with Gasteiger partial charge in [-0.3, -0.25) is 9.59 Å². The molecule has 0 radical (unpaired) electrons. The van der Waals surface area contributed by atoms with Crippen molar-refractivity contribution in [2.75, 3.05) is 6.61 Å². The van der Waals surface area contributed by atoms with E-state index in [0.717, 1.165) is 12.3 Å². The Morgan fingerprint density at radius 1 is 1.17 bits per heavy atom. The van der Waals surface area contributed by atoms with Crippen molar-refractivity contribution >= 4 is 11.9 Å². The zero-order valence-corrected chi connectivity index (χ0v) is 19.7. The van der Waals surface area contributed by atoms with Crippen molar-refractivity contribution in [3.8, 4) is 0 Å². The smallest absolute Gasteiger partial charge is 0.309 e. The molecule has 0 amide bonds. The third-order valence-corrected chi connectivity index (χ3v) is 8.83. The molecule has 0 aromatic heterocycles. The number of esters is 1. The van der Waals surface area contributed by atoms with Gasteiger partial charge in [0.25, 0.3) is 0 Å². The molecule has 2 fully saturated rings. The van der Waals surface area contributed by atoms with Crippen molar-refractivity contribution in [1.82, 2.24) is 0 Å². The molecule has 0 heterocycles. The summed E-state index contributed by atoms with van der Waals surface area (Å²) < 4.78 is 5.61. The molecule has 4 heteroatoms. The van der Waals surface area contributed by atoms with Gasteiger partial charge in [-0.15, -0.1) is 0 Å². The summed E-state index contributed by atoms with van der Waals surface area (Å²) in [6, 6.07) is 0. The third kappa shape index (κ3) is 4.99. The standard InChI is InChI=1S/C25H44O4/c1-7-10-18(2)20-13-12-19-11-8-9-14-24(19,5)25(20,6)15-16-29-21(26)17-23(3,4)22(27)28/h18-20H,7-17H2,1-6H3,(H,27,28)/t18?,19-,20+,24+,25+/m0/s1. The molecule has 0 aromatic rings. The number of carboxylic acid groups (broad SMARTS) is 1. The Balaban J connectivity index is 2.12. The molecule has 0 aliphatic heterocycles. The van der Waals surface area contributed by atoms with Crippen LogP contribution in [-0.4, -0.2) is 23.7 Å². The lowest BCUT2D eigenvalue weighted by Gasteiger charge is -2.62. The fraction of sp³-hybridized carbons (Fsp3) is 0.920. The van der Waals surface area contributed by atoms with E-state index in [2.05, 4.69) is 27.7 Å². The second kappa shape index (κ2) is 9.39. The van der Waals surface area contributed by atoms with Gasteiger partial charge in [-0.25, -0.2) is 0 Å². The monoisotopic (exact) mass is 408 g/mol. The highest BCUT2D eigenvalue weighted by Gasteiger charge is 2.57. The molecule has 2 aliphatic carbocycles. The van der Waals surface area contributed by atoms with Crippen molar-refractivity contribution in [2.45, 2.75) is 106 Å². The van der Waals surface area contributed by atoms with Crippen LogP contribution in [0.25, 0.3) is 0 Å². The summed E-state index contributed by atoms with van der Waals surface area (Å²) in [6.45, 7) is 13.2. The Morgan fingerprint density at radius 3 is 2.48 bits per heavy atom. The molecule has 0 aromatic carbocycles. The Bertz CT molecular complexity index is 583. The number of carbonyl (C=O) groups is 2. The van der Waals surface area contributed by atoms with Gasteiger partial charge in [0, 0.05) is 0 Å². The second-order valence-electron chi connectivity index (χ2n) is 11.1.